The third-order valence-electron chi connectivity index (χ3n) is 11.6. The van der Waals surface area contributed by atoms with E-state index in [1.165, 1.54) is 5.57 Å². The molecule has 0 atom stereocenters. The van der Waals surface area contributed by atoms with Crippen LogP contribution in [0.25, 0.3) is 0 Å². The number of rotatable bonds is 15. The highest BCUT2D eigenvalue weighted by molar-refractivity contribution is 5.53. The number of hydrogen-bond donors (Lipinski definition) is 0. The first kappa shape index (κ1) is 43.2. The molecule has 12 heteroatoms. The predicted octanol–water partition coefficient (Wildman–Crippen LogP) is 12.0. The van der Waals surface area contributed by atoms with Crippen molar-refractivity contribution in [3.05, 3.63) is 173 Å². The van der Waals surface area contributed by atoms with Gasteiger partial charge in [-0.05, 0) is 101 Å². The molecule has 0 saturated carbocycles. The van der Waals surface area contributed by atoms with Crippen LogP contribution in [0.5, 0.6) is 29.5 Å². The lowest BCUT2D eigenvalue weighted by Crippen LogP contribution is -2.22. The second-order valence-electron chi connectivity index (χ2n) is 16.5. The second kappa shape index (κ2) is 18.4. The number of hydrogen-bond acceptors (Lipinski definition) is 12. The fraction of sp³-hybridized carbons (Fsp3) is 0.216. The maximum Gasteiger partial charge on any atom is 0.331 e. The molecule has 0 bridgehead atoms. The summed E-state index contributed by atoms with van der Waals surface area (Å²) in [4.78, 5) is 56.8. The Morgan fingerprint density at radius 1 is 0.413 bits per heavy atom. The Hall–Kier alpha value is -7.87. The molecule has 0 fully saturated rings. The van der Waals surface area contributed by atoms with Crippen LogP contribution in [-0.2, 0) is 30.6 Å². The molecule has 1 aromatic heterocycles. The van der Waals surface area contributed by atoms with E-state index in [9.17, 15) is 14.4 Å². The number of ether oxygens (including phenoxy) is 3. The monoisotopic (exact) mass is 836 g/mol. The minimum Gasteiger partial charge on any atom is -0.429 e. The number of carbonyl (C=O) groups excluding carboxylic acids is 3. The highest BCUT2D eigenvalue weighted by Crippen LogP contribution is 2.39. The summed E-state index contributed by atoms with van der Waals surface area (Å²) in [5.41, 5.74) is 7.06. The maximum atomic E-state index is 10.7. The van der Waals surface area contributed by atoms with E-state index >= 15 is 0 Å². The van der Waals surface area contributed by atoms with Crippen molar-refractivity contribution in [3.63, 3.8) is 0 Å². The van der Waals surface area contributed by atoms with Crippen LogP contribution in [0.1, 0.15) is 82.2 Å². The molecule has 7 rings (SSSR count). The summed E-state index contributed by atoms with van der Waals surface area (Å²) in [6.07, 6.45) is 10.0. The normalized spacial score (nSPS) is 12.7. The number of allylic oxidation sites excluding steroid dienone is 4. The highest BCUT2D eigenvalue weighted by Gasteiger charge is 2.28. The molecule has 5 aromatic carbocycles. The molecular formula is C51H44N6O6. The molecule has 1 heterocycles. The van der Waals surface area contributed by atoms with Crippen LogP contribution < -0.4 is 14.2 Å². The average Bonchev–Trinajstić information content (AvgIpc) is 3.28. The molecule has 6 aromatic rings. The third kappa shape index (κ3) is 10.0. The summed E-state index contributed by atoms with van der Waals surface area (Å²) in [6.45, 7) is 12.8. The fourth-order valence-corrected chi connectivity index (χ4v) is 7.42. The van der Waals surface area contributed by atoms with E-state index in [1.54, 1.807) is 42.5 Å². The van der Waals surface area contributed by atoms with Gasteiger partial charge in [0, 0.05) is 22.7 Å². The van der Waals surface area contributed by atoms with Gasteiger partial charge in [0.25, 0.3) is 0 Å². The van der Waals surface area contributed by atoms with E-state index in [0.717, 1.165) is 34.2 Å². The lowest BCUT2D eigenvalue weighted by molar-refractivity contribution is 0.331. The van der Waals surface area contributed by atoms with Gasteiger partial charge in [0.1, 0.15) is 17.3 Å². The maximum absolute atomic E-state index is 10.7. The number of isocyanates is 3. The van der Waals surface area contributed by atoms with Crippen molar-refractivity contribution in [2.45, 2.75) is 70.6 Å². The molecule has 0 spiro atoms. The first-order chi connectivity index (χ1) is 30.3. The first-order valence-corrected chi connectivity index (χ1v) is 20.2. The van der Waals surface area contributed by atoms with Crippen molar-refractivity contribution in [1.29, 1.82) is 0 Å². The van der Waals surface area contributed by atoms with Gasteiger partial charge < -0.3 is 14.2 Å². The molecule has 314 valence electrons. The van der Waals surface area contributed by atoms with E-state index < -0.39 is 0 Å². The van der Waals surface area contributed by atoms with Crippen molar-refractivity contribution in [2.24, 2.45) is 15.0 Å². The van der Waals surface area contributed by atoms with Gasteiger partial charge >= 0.3 is 18.0 Å². The summed E-state index contributed by atoms with van der Waals surface area (Å²) in [6, 6.07) is 37.7. The van der Waals surface area contributed by atoms with Gasteiger partial charge in [-0.15, -0.1) is 15.0 Å². The van der Waals surface area contributed by atoms with Crippen LogP contribution in [0.15, 0.2) is 160 Å². The molecule has 0 saturated heterocycles. The summed E-state index contributed by atoms with van der Waals surface area (Å²) in [7, 11) is 0. The van der Waals surface area contributed by atoms with E-state index in [4.69, 9.17) is 14.2 Å². The highest BCUT2D eigenvalue weighted by atomic mass is 16.5. The average molecular weight is 837 g/mol. The van der Waals surface area contributed by atoms with Gasteiger partial charge in [0.2, 0.25) is 18.2 Å². The molecule has 0 unspecified atom stereocenters. The van der Waals surface area contributed by atoms with Gasteiger partial charge in [0.15, 0.2) is 0 Å². The SMILES string of the molecule is CC(C)(C1=CC=C(Oc2nc(Oc3ccc(C(C)(C)c4ccc(N=C=O)cc4)cc3)nc(Oc3ccc(C(C)(C)c4ccc(N=C=O)cc4)cc3)n2)CC1)c1ccc(N=C=O)cc1. The zero-order valence-electron chi connectivity index (χ0n) is 35.7. The summed E-state index contributed by atoms with van der Waals surface area (Å²) < 4.78 is 18.7. The molecule has 0 N–H and O–H groups in total. The van der Waals surface area contributed by atoms with Crippen molar-refractivity contribution in [1.82, 2.24) is 15.0 Å². The lowest BCUT2D eigenvalue weighted by atomic mass is 9.74. The Balaban J connectivity index is 1.14. The predicted molar refractivity (Wildman–Crippen MR) is 239 cm³/mol. The Bertz CT molecular complexity index is 2670. The minimum atomic E-state index is -0.368. The van der Waals surface area contributed by atoms with Crippen LogP contribution in [0.2, 0.25) is 0 Å². The quantitative estimate of drug-likeness (QED) is 0.0726. The molecule has 0 amide bonds. The summed E-state index contributed by atoms with van der Waals surface area (Å²) >= 11 is 0. The molecule has 0 radical (unpaired) electrons. The number of benzene rings is 5. The van der Waals surface area contributed by atoms with Gasteiger partial charge in [-0.2, -0.15) is 15.0 Å². The van der Waals surface area contributed by atoms with Crippen molar-refractivity contribution in [2.75, 3.05) is 0 Å². The molecule has 1 aliphatic rings. The topological polar surface area (TPSA) is 155 Å². The van der Waals surface area contributed by atoms with Crippen LogP contribution >= 0.6 is 0 Å². The Morgan fingerprint density at radius 2 is 0.730 bits per heavy atom. The number of aromatic nitrogens is 3. The standard InChI is InChI=1S/C51H44N6O6/c1-49(2,34-7-19-40(20-8-34)52-31-58)37-13-25-43(26-14-37)61-46-55-47(62-44-27-15-38(16-28-44)50(3,4)35-9-21-41(22-10-35)53-32-59)57-48(56-46)63-45-29-17-39(18-30-45)51(5,6)36-11-23-42(24-12-36)54-33-60/h7-17,19-29H,18,30H2,1-6H3. The van der Waals surface area contributed by atoms with Gasteiger partial charge in [0.05, 0.1) is 17.1 Å². The summed E-state index contributed by atoms with van der Waals surface area (Å²) in [5.74, 6) is 1.63. The zero-order valence-corrected chi connectivity index (χ0v) is 35.7. The van der Waals surface area contributed by atoms with E-state index in [1.807, 2.05) is 103 Å². The van der Waals surface area contributed by atoms with E-state index in [-0.39, 0.29) is 34.3 Å². The van der Waals surface area contributed by atoms with Crippen molar-refractivity contribution in [3.8, 4) is 29.5 Å². The molecule has 63 heavy (non-hydrogen) atoms. The fourth-order valence-electron chi connectivity index (χ4n) is 7.42. The molecule has 1 aliphatic carbocycles. The van der Waals surface area contributed by atoms with E-state index in [0.29, 0.717) is 40.7 Å². The van der Waals surface area contributed by atoms with Crippen LogP contribution in [0.4, 0.5) is 17.1 Å². The second-order valence-corrected chi connectivity index (χ2v) is 16.5. The first-order valence-electron chi connectivity index (χ1n) is 20.2. The molecule has 0 aliphatic heterocycles. The molecular weight excluding hydrogens is 793 g/mol. The van der Waals surface area contributed by atoms with Crippen LogP contribution in [-0.4, -0.2) is 33.2 Å². The lowest BCUT2D eigenvalue weighted by Gasteiger charge is -2.30. The third-order valence-corrected chi connectivity index (χ3v) is 11.6. The molecule has 12 nitrogen and oxygen atoms in total. The Morgan fingerprint density at radius 3 is 1.05 bits per heavy atom. The number of aliphatic imine (C=N–C) groups is 3. The Kier molecular flexibility index (Phi) is 12.6. The van der Waals surface area contributed by atoms with E-state index in [2.05, 4.69) is 77.5 Å². The van der Waals surface area contributed by atoms with Crippen molar-refractivity contribution < 1.29 is 28.6 Å². The Labute approximate surface area is 365 Å². The summed E-state index contributed by atoms with van der Waals surface area (Å²) in [5, 5.41) is 0. The largest absolute Gasteiger partial charge is 0.429 e. The van der Waals surface area contributed by atoms with Gasteiger partial charge in [-0.1, -0.05) is 114 Å². The van der Waals surface area contributed by atoms with Gasteiger partial charge in [-0.25, -0.2) is 14.4 Å². The van der Waals surface area contributed by atoms with Crippen LogP contribution in [0, 0.1) is 0 Å². The zero-order chi connectivity index (χ0) is 44.6. The van der Waals surface area contributed by atoms with Crippen LogP contribution in [0.3, 0.4) is 0 Å². The number of nitrogens with zero attached hydrogens (tertiary/aromatic N) is 6. The minimum absolute atomic E-state index is 0.00362. The van der Waals surface area contributed by atoms with Gasteiger partial charge in [-0.3, -0.25) is 0 Å². The van der Waals surface area contributed by atoms with Crippen molar-refractivity contribution >= 4 is 35.3 Å². The smallest absolute Gasteiger partial charge is 0.331 e.